The fourth-order valence-corrected chi connectivity index (χ4v) is 1.33. The van der Waals surface area contributed by atoms with Crippen molar-refractivity contribution < 1.29 is 9.53 Å². The van der Waals surface area contributed by atoms with E-state index in [1.165, 1.54) is 5.56 Å². The quantitative estimate of drug-likeness (QED) is 0.761. The number of amides is 2. The van der Waals surface area contributed by atoms with Crippen LogP contribution in [0.1, 0.15) is 19.4 Å². The lowest BCUT2D eigenvalue weighted by atomic mass is 10.2. The minimum Gasteiger partial charge on any atom is -0.492 e. The normalized spacial score (nSPS) is 10.2. The topological polar surface area (TPSA) is 50.4 Å². The zero-order chi connectivity index (χ0) is 13.4. The van der Waals surface area contributed by atoms with Gasteiger partial charge < -0.3 is 15.4 Å². The molecule has 0 aliphatic carbocycles. The van der Waals surface area contributed by atoms with E-state index in [2.05, 4.69) is 24.5 Å². The lowest BCUT2D eigenvalue weighted by Crippen LogP contribution is -2.39. The van der Waals surface area contributed by atoms with Crippen LogP contribution in [-0.2, 0) is 0 Å². The molecule has 100 valence electrons. The number of nitrogens with one attached hydrogen (secondary N) is 2. The second kappa shape index (κ2) is 7.58. The largest absolute Gasteiger partial charge is 0.492 e. The van der Waals surface area contributed by atoms with Crippen molar-refractivity contribution in [2.45, 2.75) is 20.8 Å². The first-order valence-electron chi connectivity index (χ1n) is 6.29. The number of benzene rings is 1. The molecule has 0 saturated carbocycles. The van der Waals surface area contributed by atoms with Gasteiger partial charge in [-0.1, -0.05) is 31.5 Å². The van der Waals surface area contributed by atoms with Crippen molar-refractivity contribution in [3.8, 4) is 5.75 Å². The van der Waals surface area contributed by atoms with E-state index in [-0.39, 0.29) is 6.03 Å². The smallest absolute Gasteiger partial charge is 0.314 e. The first-order chi connectivity index (χ1) is 8.58. The fraction of sp³-hybridized carbons (Fsp3) is 0.500. The lowest BCUT2D eigenvalue weighted by Gasteiger charge is -2.10. The van der Waals surface area contributed by atoms with Gasteiger partial charge in [0, 0.05) is 6.54 Å². The van der Waals surface area contributed by atoms with Crippen LogP contribution in [0.25, 0.3) is 0 Å². The molecule has 2 N–H and O–H groups in total. The molecule has 0 bridgehead atoms. The predicted molar refractivity (Wildman–Crippen MR) is 72.9 cm³/mol. The van der Waals surface area contributed by atoms with Crippen LogP contribution in [0.2, 0.25) is 0 Å². The molecule has 1 aromatic carbocycles. The molecule has 4 nitrogen and oxygen atoms in total. The standard InChI is InChI=1S/C14H22N2O2/c1-11(2)10-16-14(17)15-8-9-18-13-6-4-12(3)5-7-13/h4-7,11H,8-10H2,1-3H3,(H2,15,16,17). The number of hydrogen-bond acceptors (Lipinski definition) is 2. The molecule has 0 aliphatic heterocycles. The summed E-state index contributed by atoms with van der Waals surface area (Å²) in [7, 11) is 0. The first kappa shape index (κ1) is 14.4. The van der Waals surface area contributed by atoms with Crippen molar-refractivity contribution in [2.75, 3.05) is 19.7 Å². The molecule has 0 fully saturated rings. The molecule has 0 radical (unpaired) electrons. The van der Waals surface area contributed by atoms with Gasteiger partial charge in [0.05, 0.1) is 6.54 Å². The maximum absolute atomic E-state index is 11.3. The number of rotatable bonds is 6. The summed E-state index contributed by atoms with van der Waals surface area (Å²) in [5.74, 6) is 1.28. The molecular weight excluding hydrogens is 228 g/mol. The summed E-state index contributed by atoms with van der Waals surface area (Å²) in [5, 5.41) is 5.53. The first-order valence-corrected chi connectivity index (χ1v) is 6.29. The number of carbonyl (C=O) groups excluding carboxylic acids is 1. The molecule has 4 heteroatoms. The summed E-state index contributed by atoms with van der Waals surface area (Å²) in [6.07, 6.45) is 0. The van der Waals surface area contributed by atoms with E-state index in [9.17, 15) is 4.79 Å². The number of ether oxygens (including phenoxy) is 1. The molecule has 18 heavy (non-hydrogen) atoms. The summed E-state index contributed by atoms with van der Waals surface area (Å²) < 4.78 is 5.49. The van der Waals surface area contributed by atoms with E-state index in [1.807, 2.05) is 31.2 Å². The highest BCUT2D eigenvalue weighted by atomic mass is 16.5. The molecule has 0 heterocycles. The summed E-state index contributed by atoms with van der Waals surface area (Å²) in [6, 6.07) is 7.70. The highest BCUT2D eigenvalue weighted by molar-refractivity contribution is 5.73. The Labute approximate surface area is 109 Å². The van der Waals surface area contributed by atoms with Crippen molar-refractivity contribution in [1.82, 2.24) is 10.6 Å². The zero-order valence-electron chi connectivity index (χ0n) is 11.3. The Bertz CT molecular complexity index is 361. The van der Waals surface area contributed by atoms with Crippen LogP contribution in [0, 0.1) is 12.8 Å². The van der Waals surface area contributed by atoms with Crippen molar-refractivity contribution in [3.05, 3.63) is 29.8 Å². The zero-order valence-corrected chi connectivity index (χ0v) is 11.3. The van der Waals surface area contributed by atoms with Gasteiger partial charge in [0.15, 0.2) is 0 Å². The molecule has 0 spiro atoms. The monoisotopic (exact) mass is 250 g/mol. The molecule has 1 rings (SSSR count). The summed E-state index contributed by atoms with van der Waals surface area (Å²) >= 11 is 0. The average molecular weight is 250 g/mol. The molecule has 0 saturated heterocycles. The number of aryl methyl sites for hydroxylation is 1. The van der Waals surface area contributed by atoms with Gasteiger partial charge in [0.1, 0.15) is 12.4 Å². The van der Waals surface area contributed by atoms with Gasteiger partial charge in [-0.25, -0.2) is 4.79 Å². The Hall–Kier alpha value is -1.71. The highest BCUT2D eigenvalue weighted by Crippen LogP contribution is 2.10. The Morgan fingerprint density at radius 3 is 2.50 bits per heavy atom. The molecular formula is C14H22N2O2. The number of urea groups is 1. The average Bonchev–Trinajstić information content (AvgIpc) is 2.34. The van der Waals surface area contributed by atoms with Crippen LogP contribution < -0.4 is 15.4 Å². The van der Waals surface area contributed by atoms with Gasteiger partial charge in [-0.15, -0.1) is 0 Å². The van der Waals surface area contributed by atoms with E-state index < -0.39 is 0 Å². The van der Waals surface area contributed by atoms with Crippen molar-refractivity contribution in [1.29, 1.82) is 0 Å². The summed E-state index contributed by atoms with van der Waals surface area (Å²) in [5.41, 5.74) is 1.20. The van der Waals surface area contributed by atoms with Crippen LogP contribution in [-0.4, -0.2) is 25.7 Å². The molecule has 0 aromatic heterocycles. The van der Waals surface area contributed by atoms with Gasteiger partial charge in [-0.3, -0.25) is 0 Å². The maximum atomic E-state index is 11.3. The fourth-order valence-electron chi connectivity index (χ4n) is 1.33. The van der Waals surface area contributed by atoms with Gasteiger partial charge in [-0.05, 0) is 25.0 Å². The third-order valence-electron chi connectivity index (χ3n) is 2.35. The number of carbonyl (C=O) groups is 1. The van der Waals surface area contributed by atoms with E-state index in [0.29, 0.717) is 25.6 Å². The Kier molecular flexibility index (Phi) is 6.05. The molecule has 0 aliphatic rings. The van der Waals surface area contributed by atoms with Gasteiger partial charge in [-0.2, -0.15) is 0 Å². The van der Waals surface area contributed by atoms with Crippen molar-refractivity contribution in [2.24, 2.45) is 5.92 Å². The minimum absolute atomic E-state index is 0.142. The second-order valence-corrected chi connectivity index (χ2v) is 4.69. The van der Waals surface area contributed by atoms with Gasteiger partial charge in [0.25, 0.3) is 0 Å². The third kappa shape index (κ3) is 6.13. The second-order valence-electron chi connectivity index (χ2n) is 4.69. The molecule has 0 unspecified atom stereocenters. The Balaban J connectivity index is 2.11. The van der Waals surface area contributed by atoms with E-state index in [4.69, 9.17) is 4.74 Å². The Morgan fingerprint density at radius 1 is 1.22 bits per heavy atom. The van der Waals surface area contributed by atoms with Crippen molar-refractivity contribution >= 4 is 6.03 Å². The lowest BCUT2D eigenvalue weighted by molar-refractivity contribution is 0.235. The van der Waals surface area contributed by atoms with E-state index in [1.54, 1.807) is 0 Å². The molecule has 1 aromatic rings. The van der Waals surface area contributed by atoms with Gasteiger partial charge in [0.2, 0.25) is 0 Å². The van der Waals surface area contributed by atoms with Crippen LogP contribution in [0.3, 0.4) is 0 Å². The van der Waals surface area contributed by atoms with Crippen LogP contribution in [0.4, 0.5) is 4.79 Å². The highest BCUT2D eigenvalue weighted by Gasteiger charge is 2.00. The molecule has 2 amide bonds. The van der Waals surface area contributed by atoms with Crippen LogP contribution in [0.5, 0.6) is 5.75 Å². The summed E-state index contributed by atoms with van der Waals surface area (Å²) in [4.78, 5) is 11.3. The van der Waals surface area contributed by atoms with Crippen molar-refractivity contribution in [3.63, 3.8) is 0 Å². The Morgan fingerprint density at radius 2 is 1.89 bits per heavy atom. The van der Waals surface area contributed by atoms with Crippen LogP contribution in [0.15, 0.2) is 24.3 Å². The molecule has 0 atom stereocenters. The van der Waals surface area contributed by atoms with E-state index >= 15 is 0 Å². The third-order valence-corrected chi connectivity index (χ3v) is 2.35. The minimum atomic E-state index is -0.142. The SMILES string of the molecule is Cc1ccc(OCCNC(=O)NCC(C)C)cc1. The van der Waals surface area contributed by atoms with E-state index in [0.717, 1.165) is 5.75 Å². The summed E-state index contributed by atoms with van der Waals surface area (Å²) in [6.45, 7) is 7.80. The van der Waals surface area contributed by atoms with Crippen LogP contribution >= 0.6 is 0 Å². The predicted octanol–water partition coefficient (Wildman–Crippen LogP) is 2.33. The maximum Gasteiger partial charge on any atom is 0.314 e. The number of hydrogen-bond donors (Lipinski definition) is 2. The van der Waals surface area contributed by atoms with Gasteiger partial charge >= 0.3 is 6.03 Å².